The number of piperidine rings is 1. The van der Waals surface area contributed by atoms with Gasteiger partial charge in [0.2, 0.25) is 0 Å². The number of benzene rings is 1. The molecule has 2 rings (SSSR count). The summed E-state index contributed by atoms with van der Waals surface area (Å²) in [5.74, 6) is 0. The number of ether oxygens (including phenoxy) is 1. The van der Waals surface area contributed by atoms with Crippen LogP contribution in [0.15, 0.2) is 18.2 Å². The fourth-order valence-corrected chi connectivity index (χ4v) is 2.61. The van der Waals surface area contributed by atoms with Crippen LogP contribution in [0.3, 0.4) is 0 Å². The zero-order valence-electron chi connectivity index (χ0n) is 11.6. The molecule has 1 aliphatic rings. The highest BCUT2D eigenvalue weighted by atomic mass is 16.5. The van der Waals surface area contributed by atoms with Gasteiger partial charge >= 0.3 is 0 Å². The highest BCUT2D eigenvalue weighted by Crippen LogP contribution is 2.23. The lowest BCUT2D eigenvalue weighted by atomic mass is 10.0. The fourth-order valence-electron chi connectivity index (χ4n) is 2.61. The van der Waals surface area contributed by atoms with E-state index in [0.717, 1.165) is 25.9 Å². The highest BCUT2D eigenvalue weighted by molar-refractivity contribution is 5.51. The van der Waals surface area contributed by atoms with Gasteiger partial charge in [-0.3, -0.25) is 0 Å². The average molecular weight is 264 g/mol. The monoisotopic (exact) mass is 264 g/mol. The molecule has 0 spiro atoms. The summed E-state index contributed by atoms with van der Waals surface area (Å²) in [7, 11) is 0. The van der Waals surface area contributed by atoms with Crippen molar-refractivity contribution in [3.05, 3.63) is 29.3 Å². The molecule has 1 aromatic rings. The molecule has 0 saturated carbocycles. The van der Waals surface area contributed by atoms with Crippen molar-refractivity contribution in [1.82, 2.24) is 0 Å². The van der Waals surface area contributed by atoms with Gasteiger partial charge in [-0.05, 0) is 43.0 Å². The Hall–Kier alpha value is -1.10. The lowest BCUT2D eigenvalue weighted by Gasteiger charge is -2.33. The molecule has 106 valence electrons. The highest BCUT2D eigenvalue weighted by Gasteiger charge is 2.19. The normalized spacial score (nSPS) is 16.9. The minimum atomic E-state index is 0.111. The maximum absolute atomic E-state index is 8.76. The summed E-state index contributed by atoms with van der Waals surface area (Å²) in [6, 6.07) is 6.50. The number of aryl methyl sites for hydroxylation is 1. The van der Waals surface area contributed by atoms with E-state index in [4.69, 9.17) is 15.6 Å². The van der Waals surface area contributed by atoms with Crippen molar-refractivity contribution in [2.45, 2.75) is 32.4 Å². The van der Waals surface area contributed by atoms with Crippen LogP contribution in [0.4, 0.5) is 5.69 Å². The molecular formula is C15H24N2O2. The van der Waals surface area contributed by atoms with Gasteiger partial charge in [0.05, 0.1) is 19.3 Å². The Morgan fingerprint density at radius 1 is 1.37 bits per heavy atom. The maximum Gasteiger partial charge on any atom is 0.0701 e. The van der Waals surface area contributed by atoms with E-state index >= 15 is 0 Å². The van der Waals surface area contributed by atoms with E-state index < -0.39 is 0 Å². The molecule has 3 N–H and O–H groups in total. The summed E-state index contributed by atoms with van der Waals surface area (Å²) < 4.78 is 5.58. The molecular weight excluding hydrogens is 240 g/mol. The van der Waals surface area contributed by atoms with Crippen molar-refractivity contribution in [3.8, 4) is 0 Å². The molecule has 19 heavy (non-hydrogen) atoms. The smallest absolute Gasteiger partial charge is 0.0701 e. The topological polar surface area (TPSA) is 58.7 Å². The summed E-state index contributed by atoms with van der Waals surface area (Å²) >= 11 is 0. The molecule has 1 heterocycles. The van der Waals surface area contributed by atoms with Crippen LogP contribution in [-0.2, 0) is 11.3 Å². The zero-order chi connectivity index (χ0) is 13.7. The Labute approximate surface area is 115 Å². The quantitative estimate of drug-likeness (QED) is 0.844. The standard InChI is InChI=1S/C15H24N2O2/c1-12-10-14(3-2-13(12)11-16)17-6-4-15(5-7-17)19-9-8-18/h2-3,10,15,18H,4-9,11,16H2,1H3. The second-order valence-corrected chi connectivity index (χ2v) is 5.10. The molecule has 0 bridgehead atoms. The van der Waals surface area contributed by atoms with Crippen molar-refractivity contribution in [3.63, 3.8) is 0 Å². The largest absolute Gasteiger partial charge is 0.394 e. The first-order valence-electron chi connectivity index (χ1n) is 7.01. The maximum atomic E-state index is 8.76. The van der Waals surface area contributed by atoms with Gasteiger partial charge in [-0.1, -0.05) is 6.07 Å². The lowest BCUT2D eigenvalue weighted by molar-refractivity contribution is 0.0159. The SMILES string of the molecule is Cc1cc(N2CCC(OCCO)CC2)ccc1CN. The Morgan fingerprint density at radius 3 is 2.68 bits per heavy atom. The number of aliphatic hydroxyl groups excluding tert-OH is 1. The third-order valence-corrected chi connectivity index (χ3v) is 3.80. The van der Waals surface area contributed by atoms with Gasteiger partial charge < -0.3 is 20.5 Å². The lowest BCUT2D eigenvalue weighted by Crippen LogP contribution is -2.37. The molecule has 4 heteroatoms. The van der Waals surface area contributed by atoms with Crippen molar-refractivity contribution in [2.75, 3.05) is 31.2 Å². The number of hydrogen-bond acceptors (Lipinski definition) is 4. The van der Waals surface area contributed by atoms with E-state index in [1.165, 1.54) is 16.8 Å². The number of hydrogen-bond donors (Lipinski definition) is 2. The van der Waals surface area contributed by atoms with E-state index in [1.807, 2.05) is 0 Å². The van der Waals surface area contributed by atoms with Gasteiger partial charge in [0.25, 0.3) is 0 Å². The molecule has 0 aliphatic carbocycles. The Balaban J connectivity index is 1.92. The molecule has 1 saturated heterocycles. The van der Waals surface area contributed by atoms with Gasteiger partial charge in [-0.2, -0.15) is 0 Å². The number of nitrogens with two attached hydrogens (primary N) is 1. The first-order chi connectivity index (χ1) is 9.24. The summed E-state index contributed by atoms with van der Waals surface area (Å²) in [5.41, 5.74) is 9.44. The van der Waals surface area contributed by atoms with E-state index in [2.05, 4.69) is 30.0 Å². The van der Waals surface area contributed by atoms with Gasteiger partial charge in [0.15, 0.2) is 0 Å². The third kappa shape index (κ3) is 3.69. The molecule has 0 unspecified atom stereocenters. The first-order valence-corrected chi connectivity index (χ1v) is 7.01. The number of aliphatic hydroxyl groups is 1. The predicted molar refractivity (Wildman–Crippen MR) is 77.3 cm³/mol. The molecule has 0 radical (unpaired) electrons. The molecule has 0 amide bonds. The fraction of sp³-hybridized carbons (Fsp3) is 0.600. The van der Waals surface area contributed by atoms with Crippen LogP contribution in [0.1, 0.15) is 24.0 Å². The van der Waals surface area contributed by atoms with Gasteiger partial charge in [-0.25, -0.2) is 0 Å². The van der Waals surface area contributed by atoms with Gasteiger partial charge in [0, 0.05) is 25.3 Å². The number of nitrogens with zero attached hydrogens (tertiary/aromatic N) is 1. The van der Waals surface area contributed by atoms with Crippen LogP contribution in [0.5, 0.6) is 0 Å². The second kappa shape index (κ2) is 6.89. The van der Waals surface area contributed by atoms with E-state index in [1.54, 1.807) is 0 Å². The summed E-state index contributed by atoms with van der Waals surface area (Å²) in [5, 5.41) is 8.76. The molecule has 1 aromatic carbocycles. The minimum Gasteiger partial charge on any atom is -0.394 e. The van der Waals surface area contributed by atoms with Crippen molar-refractivity contribution < 1.29 is 9.84 Å². The van der Waals surface area contributed by atoms with Crippen LogP contribution in [-0.4, -0.2) is 37.5 Å². The first kappa shape index (κ1) is 14.3. The minimum absolute atomic E-state index is 0.111. The van der Waals surface area contributed by atoms with E-state index in [9.17, 15) is 0 Å². The summed E-state index contributed by atoms with van der Waals surface area (Å²) in [4.78, 5) is 2.39. The molecule has 0 atom stereocenters. The van der Waals surface area contributed by atoms with Crippen molar-refractivity contribution >= 4 is 5.69 Å². The van der Waals surface area contributed by atoms with Crippen LogP contribution < -0.4 is 10.6 Å². The average Bonchev–Trinajstić information content (AvgIpc) is 2.45. The molecule has 1 aliphatic heterocycles. The zero-order valence-corrected chi connectivity index (χ0v) is 11.6. The predicted octanol–water partition coefficient (Wildman–Crippen LogP) is 1.43. The number of rotatable bonds is 5. The van der Waals surface area contributed by atoms with Crippen LogP contribution >= 0.6 is 0 Å². The Kier molecular flexibility index (Phi) is 5.19. The van der Waals surface area contributed by atoms with Crippen molar-refractivity contribution in [2.24, 2.45) is 5.73 Å². The Bertz CT molecular complexity index is 401. The Morgan fingerprint density at radius 2 is 2.11 bits per heavy atom. The van der Waals surface area contributed by atoms with Gasteiger partial charge in [-0.15, -0.1) is 0 Å². The van der Waals surface area contributed by atoms with Crippen molar-refractivity contribution in [1.29, 1.82) is 0 Å². The molecule has 0 aromatic heterocycles. The van der Waals surface area contributed by atoms with Crippen LogP contribution in [0, 0.1) is 6.92 Å². The van der Waals surface area contributed by atoms with Gasteiger partial charge in [0.1, 0.15) is 0 Å². The van der Waals surface area contributed by atoms with E-state index in [-0.39, 0.29) is 6.61 Å². The molecule has 1 fully saturated rings. The van der Waals surface area contributed by atoms with Crippen LogP contribution in [0.25, 0.3) is 0 Å². The number of anilines is 1. The second-order valence-electron chi connectivity index (χ2n) is 5.10. The third-order valence-electron chi connectivity index (χ3n) is 3.80. The molecule has 4 nitrogen and oxygen atoms in total. The van der Waals surface area contributed by atoms with E-state index in [0.29, 0.717) is 19.3 Å². The summed E-state index contributed by atoms with van der Waals surface area (Å²) in [6.07, 6.45) is 2.35. The van der Waals surface area contributed by atoms with Crippen LogP contribution in [0.2, 0.25) is 0 Å². The summed E-state index contributed by atoms with van der Waals surface area (Å²) in [6.45, 7) is 5.30.